The van der Waals surface area contributed by atoms with Gasteiger partial charge < -0.3 is 0 Å². The fourth-order valence-electron chi connectivity index (χ4n) is 1.02. The molecule has 13 heavy (non-hydrogen) atoms. The predicted molar refractivity (Wildman–Crippen MR) is 62.5 cm³/mol. The number of aromatic nitrogens is 3. The van der Waals surface area contributed by atoms with E-state index < -0.39 is 0 Å². The Balaban J connectivity index is 2.36. The summed E-state index contributed by atoms with van der Waals surface area (Å²) in [7, 11) is 1.45. The van der Waals surface area contributed by atoms with E-state index in [-0.39, 0.29) is 0 Å². The van der Waals surface area contributed by atoms with Crippen molar-refractivity contribution in [3.63, 3.8) is 0 Å². The zero-order valence-electron chi connectivity index (χ0n) is 6.59. The Hall–Kier alpha value is -0.560. The van der Waals surface area contributed by atoms with Crippen LogP contribution in [0.15, 0.2) is 36.5 Å². The van der Waals surface area contributed by atoms with E-state index in [0.29, 0.717) is 0 Å². The Labute approximate surface area is 92.3 Å². The van der Waals surface area contributed by atoms with Gasteiger partial charge in [0.05, 0.1) is 15.3 Å². The lowest BCUT2D eigenvalue weighted by Gasteiger charge is -1.92. The minimum absolute atomic E-state index is 0.907. The van der Waals surface area contributed by atoms with Crippen LogP contribution in [0.25, 0.3) is 11.3 Å². The molecule has 0 aliphatic carbocycles. The molecular formula is C8H6IN3S. The van der Waals surface area contributed by atoms with Crippen LogP contribution in [0.1, 0.15) is 0 Å². The Bertz CT molecular complexity index is 387. The molecule has 0 spiro atoms. The average molecular weight is 303 g/mol. The maximum Gasteiger partial charge on any atom is 0.114 e. The Morgan fingerprint density at radius 1 is 1.23 bits per heavy atom. The summed E-state index contributed by atoms with van der Waals surface area (Å²) in [5, 5.41) is 8.33. The van der Waals surface area contributed by atoms with Gasteiger partial charge in [-0.25, -0.2) is 0 Å². The van der Waals surface area contributed by atoms with E-state index in [9.17, 15) is 0 Å². The zero-order chi connectivity index (χ0) is 9.10. The highest BCUT2D eigenvalue weighted by molar-refractivity contribution is 14.2. The fraction of sp³-hybridized carbons (Fsp3) is 0. The van der Waals surface area contributed by atoms with Gasteiger partial charge in [-0.05, 0) is 0 Å². The molecule has 2 aromatic rings. The molecule has 0 saturated heterocycles. The van der Waals surface area contributed by atoms with E-state index in [0.717, 1.165) is 11.3 Å². The molecule has 66 valence electrons. The minimum Gasteiger partial charge on any atom is -0.149 e. The number of hydrogen-bond donors (Lipinski definition) is 0. The quantitative estimate of drug-likeness (QED) is 0.799. The molecule has 0 bridgehead atoms. The summed E-state index contributed by atoms with van der Waals surface area (Å²) in [6.07, 6.45) is 1.76. The van der Waals surface area contributed by atoms with Gasteiger partial charge in [-0.2, -0.15) is 0 Å². The van der Waals surface area contributed by atoms with Crippen LogP contribution in [0.3, 0.4) is 0 Å². The van der Waals surface area contributed by atoms with E-state index >= 15 is 0 Å². The van der Waals surface area contributed by atoms with Crippen LogP contribution >= 0.6 is 30.3 Å². The number of nitrogens with zero attached hydrogens (tertiary/aromatic N) is 3. The van der Waals surface area contributed by atoms with Crippen LogP contribution in [0.2, 0.25) is 0 Å². The monoisotopic (exact) mass is 303 g/mol. The van der Waals surface area contributed by atoms with Crippen molar-refractivity contribution in [2.75, 3.05) is 0 Å². The molecule has 1 aromatic heterocycles. The lowest BCUT2D eigenvalue weighted by Crippen LogP contribution is -1.86. The Morgan fingerprint density at radius 2 is 2.00 bits per heavy atom. The molecule has 0 unspecified atom stereocenters. The summed E-state index contributed by atoms with van der Waals surface area (Å²) in [4.78, 5) is 0. The summed E-state index contributed by atoms with van der Waals surface area (Å²) in [6.45, 7) is 0. The van der Waals surface area contributed by atoms with Crippen molar-refractivity contribution in [3.8, 4) is 11.3 Å². The molecule has 0 saturated carbocycles. The van der Waals surface area contributed by atoms with Crippen LogP contribution in [-0.4, -0.2) is 14.4 Å². The van der Waals surface area contributed by atoms with Crippen molar-refractivity contribution in [1.29, 1.82) is 0 Å². The summed E-state index contributed by atoms with van der Waals surface area (Å²) >= 11 is 2.14. The Kier molecular flexibility index (Phi) is 2.84. The molecule has 0 amide bonds. The lowest BCUT2D eigenvalue weighted by molar-refractivity contribution is 0.873. The van der Waals surface area contributed by atoms with Crippen LogP contribution in [-0.2, 0) is 0 Å². The van der Waals surface area contributed by atoms with Gasteiger partial charge in [0.2, 0.25) is 0 Å². The number of halogens is 1. The first kappa shape index (κ1) is 9.01. The van der Waals surface area contributed by atoms with Gasteiger partial charge in [0.25, 0.3) is 0 Å². The van der Waals surface area contributed by atoms with Gasteiger partial charge in [-0.1, -0.05) is 30.3 Å². The van der Waals surface area contributed by atoms with Gasteiger partial charge in [0.15, 0.2) is 0 Å². The second-order valence-electron chi connectivity index (χ2n) is 2.42. The molecule has 0 N–H and O–H groups in total. The molecule has 5 heteroatoms. The van der Waals surface area contributed by atoms with Crippen molar-refractivity contribution in [3.05, 3.63) is 36.5 Å². The smallest absolute Gasteiger partial charge is 0.114 e. The highest BCUT2D eigenvalue weighted by Gasteiger charge is 2.01. The molecule has 0 aliphatic rings. The van der Waals surface area contributed by atoms with Gasteiger partial charge in [0.1, 0.15) is 5.69 Å². The van der Waals surface area contributed by atoms with E-state index in [1.807, 2.05) is 30.3 Å². The molecule has 1 aromatic carbocycles. The highest BCUT2D eigenvalue weighted by Crippen LogP contribution is 2.18. The van der Waals surface area contributed by atoms with E-state index in [2.05, 4.69) is 31.4 Å². The summed E-state index contributed by atoms with van der Waals surface area (Å²) in [5.41, 5.74) is 2.00. The maximum absolute atomic E-state index is 4.26. The standard InChI is InChI=1S/C8H6IN3S/c9-13-12-10-6-8(11-12)7-4-2-1-3-5-7/h1-6H. The SMILES string of the molecule is ISn1ncc(-c2ccccc2)n1. The van der Waals surface area contributed by atoms with Gasteiger partial charge in [-0.3, -0.25) is 0 Å². The summed E-state index contributed by atoms with van der Waals surface area (Å²) < 4.78 is 1.59. The first-order chi connectivity index (χ1) is 6.40. The molecule has 3 nitrogen and oxygen atoms in total. The molecule has 1 heterocycles. The van der Waals surface area contributed by atoms with Gasteiger partial charge in [-0.15, -0.1) is 14.4 Å². The van der Waals surface area contributed by atoms with E-state index in [1.165, 1.54) is 9.12 Å². The van der Waals surface area contributed by atoms with Crippen LogP contribution < -0.4 is 0 Å². The third-order valence-corrected chi connectivity index (χ3v) is 2.96. The molecule has 2 rings (SSSR count). The third-order valence-electron chi connectivity index (χ3n) is 1.60. The van der Waals surface area contributed by atoms with E-state index in [4.69, 9.17) is 0 Å². The molecule has 0 fully saturated rings. The predicted octanol–water partition coefficient (Wildman–Crippen LogP) is 2.79. The first-order valence-electron chi connectivity index (χ1n) is 3.67. The minimum atomic E-state index is 0.907. The summed E-state index contributed by atoms with van der Waals surface area (Å²) in [5.74, 6) is 0. The second-order valence-corrected chi connectivity index (χ2v) is 4.06. The highest BCUT2D eigenvalue weighted by atomic mass is 127. The largest absolute Gasteiger partial charge is 0.149 e. The van der Waals surface area contributed by atoms with Gasteiger partial charge in [0, 0.05) is 26.8 Å². The van der Waals surface area contributed by atoms with Crippen molar-refractivity contribution in [2.24, 2.45) is 0 Å². The van der Waals surface area contributed by atoms with Crippen molar-refractivity contribution in [2.45, 2.75) is 0 Å². The normalized spacial score (nSPS) is 10.2. The third kappa shape index (κ3) is 2.02. The fourth-order valence-corrected chi connectivity index (χ4v) is 1.79. The molecular weight excluding hydrogens is 297 g/mol. The zero-order valence-corrected chi connectivity index (χ0v) is 9.57. The van der Waals surface area contributed by atoms with Crippen LogP contribution in [0, 0.1) is 0 Å². The van der Waals surface area contributed by atoms with E-state index in [1.54, 1.807) is 10.4 Å². The molecule has 0 radical (unpaired) electrons. The number of rotatable bonds is 2. The van der Waals surface area contributed by atoms with Crippen LogP contribution in [0.4, 0.5) is 0 Å². The van der Waals surface area contributed by atoms with Crippen molar-refractivity contribution in [1.82, 2.24) is 14.4 Å². The van der Waals surface area contributed by atoms with Gasteiger partial charge >= 0.3 is 0 Å². The average Bonchev–Trinajstić information content (AvgIpc) is 2.67. The first-order valence-corrected chi connectivity index (χ1v) is 6.98. The van der Waals surface area contributed by atoms with Crippen molar-refractivity contribution < 1.29 is 0 Å². The topological polar surface area (TPSA) is 30.7 Å². The van der Waals surface area contributed by atoms with Crippen molar-refractivity contribution >= 4 is 30.3 Å². The molecule has 0 atom stereocenters. The maximum atomic E-state index is 4.26. The number of hydrogen-bond acceptors (Lipinski definition) is 3. The Morgan fingerprint density at radius 3 is 2.62 bits per heavy atom. The summed E-state index contributed by atoms with van der Waals surface area (Å²) in [6, 6.07) is 10.0. The van der Waals surface area contributed by atoms with Crippen LogP contribution in [0.5, 0.6) is 0 Å². The second kappa shape index (κ2) is 4.10. The molecule has 0 aliphatic heterocycles. The number of benzene rings is 1. The lowest BCUT2D eigenvalue weighted by atomic mass is 10.2.